The Morgan fingerprint density at radius 2 is 1.39 bits per heavy atom. The van der Waals surface area contributed by atoms with E-state index in [0.717, 1.165) is 12.1 Å². The lowest BCUT2D eigenvalue weighted by Crippen LogP contribution is -2.44. The van der Waals surface area contributed by atoms with E-state index in [9.17, 15) is 28.4 Å². The van der Waals surface area contributed by atoms with E-state index < -0.39 is 60.5 Å². The van der Waals surface area contributed by atoms with Gasteiger partial charge >= 0.3 is 17.9 Å². The first-order chi connectivity index (χ1) is 13.1. The molecule has 28 heavy (non-hydrogen) atoms. The number of carbonyl (C=O) groups excluding carboxylic acids is 2. The maximum Gasteiger partial charge on any atom is 0.326 e. The number of hydrogen-bond donors (Lipinski definition) is 5. The minimum Gasteiger partial charge on any atom is -0.481 e. The summed E-state index contributed by atoms with van der Waals surface area (Å²) in [5, 5.41) is 30.9. The van der Waals surface area contributed by atoms with E-state index in [1.165, 1.54) is 12.1 Å². The molecule has 0 saturated heterocycles. The van der Waals surface area contributed by atoms with Crippen LogP contribution < -0.4 is 10.6 Å². The molecule has 1 aromatic carbocycles. The third-order valence-electron chi connectivity index (χ3n) is 3.66. The van der Waals surface area contributed by atoms with E-state index in [1.807, 2.05) is 0 Å². The average Bonchev–Trinajstić information content (AvgIpc) is 2.61. The van der Waals surface area contributed by atoms with Gasteiger partial charge in [0.25, 0.3) is 5.91 Å². The molecule has 0 aliphatic carbocycles. The zero-order valence-corrected chi connectivity index (χ0v) is 14.6. The topological polar surface area (TPSA) is 170 Å². The van der Waals surface area contributed by atoms with Crippen LogP contribution in [0.25, 0.3) is 0 Å². The van der Waals surface area contributed by atoms with Crippen molar-refractivity contribution in [2.45, 2.75) is 37.8 Å². The van der Waals surface area contributed by atoms with Gasteiger partial charge in [0.1, 0.15) is 17.9 Å². The highest BCUT2D eigenvalue weighted by Gasteiger charge is 2.25. The van der Waals surface area contributed by atoms with Crippen LogP contribution in [-0.4, -0.2) is 57.1 Å². The van der Waals surface area contributed by atoms with Crippen LogP contribution in [0.5, 0.6) is 0 Å². The number of carboxylic acid groups (broad SMARTS) is 3. The van der Waals surface area contributed by atoms with Crippen LogP contribution in [0.4, 0.5) is 4.39 Å². The summed E-state index contributed by atoms with van der Waals surface area (Å²) in [6, 6.07) is 1.98. The molecule has 0 spiro atoms. The van der Waals surface area contributed by atoms with Crippen molar-refractivity contribution in [3.05, 3.63) is 35.6 Å². The van der Waals surface area contributed by atoms with Crippen LogP contribution >= 0.6 is 0 Å². The van der Waals surface area contributed by atoms with Crippen LogP contribution in [0, 0.1) is 5.82 Å². The molecule has 0 heterocycles. The predicted octanol–water partition coefficient (Wildman–Crippen LogP) is 0.223. The SMILES string of the molecule is O=C(O)CC[C@@H](NC(=O)CCC(NC(=O)c1ccccc1F)C(=O)O)C(=O)O. The summed E-state index contributed by atoms with van der Waals surface area (Å²) in [6.07, 6.45) is -1.66. The van der Waals surface area contributed by atoms with Crippen LogP contribution in [0.15, 0.2) is 24.3 Å². The third kappa shape index (κ3) is 7.40. The fourth-order valence-corrected chi connectivity index (χ4v) is 2.21. The molecule has 1 unspecified atom stereocenters. The molecule has 1 rings (SSSR count). The Labute approximate surface area is 158 Å². The minimum atomic E-state index is -1.51. The highest BCUT2D eigenvalue weighted by Crippen LogP contribution is 2.08. The van der Waals surface area contributed by atoms with Crippen molar-refractivity contribution < 1.29 is 43.7 Å². The van der Waals surface area contributed by atoms with E-state index in [0.29, 0.717) is 0 Å². The summed E-state index contributed by atoms with van der Waals surface area (Å²) < 4.78 is 13.6. The molecular weight excluding hydrogens is 379 g/mol. The summed E-state index contributed by atoms with van der Waals surface area (Å²) in [7, 11) is 0. The van der Waals surface area contributed by atoms with Crippen molar-refractivity contribution in [2.24, 2.45) is 0 Å². The van der Waals surface area contributed by atoms with Crippen molar-refractivity contribution in [3.8, 4) is 0 Å². The average molecular weight is 398 g/mol. The van der Waals surface area contributed by atoms with Crippen LogP contribution in [0.1, 0.15) is 36.0 Å². The predicted molar refractivity (Wildman–Crippen MR) is 91.0 cm³/mol. The minimum absolute atomic E-state index is 0.344. The maximum atomic E-state index is 13.6. The number of aliphatic carboxylic acids is 3. The molecule has 0 radical (unpaired) electrons. The number of carbonyl (C=O) groups is 5. The quantitative estimate of drug-likeness (QED) is 0.352. The first kappa shape index (κ1) is 22.5. The molecule has 2 amide bonds. The lowest BCUT2D eigenvalue weighted by atomic mass is 10.1. The molecule has 152 valence electrons. The third-order valence-corrected chi connectivity index (χ3v) is 3.66. The van der Waals surface area contributed by atoms with E-state index in [-0.39, 0.29) is 18.4 Å². The van der Waals surface area contributed by atoms with Gasteiger partial charge in [0, 0.05) is 12.8 Å². The van der Waals surface area contributed by atoms with Crippen molar-refractivity contribution in [2.75, 3.05) is 0 Å². The van der Waals surface area contributed by atoms with Gasteiger partial charge in [-0.05, 0) is 25.0 Å². The Balaban J connectivity index is 2.64. The van der Waals surface area contributed by atoms with Gasteiger partial charge < -0.3 is 26.0 Å². The second-order valence-electron chi connectivity index (χ2n) is 5.77. The monoisotopic (exact) mass is 398 g/mol. The zero-order valence-electron chi connectivity index (χ0n) is 14.6. The summed E-state index contributed by atoms with van der Waals surface area (Å²) >= 11 is 0. The van der Waals surface area contributed by atoms with Crippen molar-refractivity contribution in [3.63, 3.8) is 0 Å². The summed E-state index contributed by atoms with van der Waals surface area (Å²) in [4.78, 5) is 56.7. The van der Waals surface area contributed by atoms with E-state index in [2.05, 4.69) is 10.6 Å². The Bertz CT molecular complexity index is 767. The van der Waals surface area contributed by atoms with Gasteiger partial charge in [0.05, 0.1) is 5.56 Å². The van der Waals surface area contributed by atoms with E-state index in [1.54, 1.807) is 0 Å². The number of rotatable bonds is 11. The molecule has 2 atom stereocenters. The van der Waals surface area contributed by atoms with Crippen molar-refractivity contribution >= 4 is 29.7 Å². The van der Waals surface area contributed by atoms with Gasteiger partial charge in [0.15, 0.2) is 0 Å². The van der Waals surface area contributed by atoms with E-state index >= 15 is 0 Å². The largest absolute Gasteiger partial charge is 0.481 e. The fourth-order valence-electron chi connectivity index (χ4n) is 2.21. The second kappa shape index (κ2) is 10.6. The molecule has 0 bridgehead atoms. The molecule has 0 aliphatic heterocycles. The molecule has 0 fully saturated rings. The number of benzene rings is 1. The van der Waals surface area contributed by atoms with Gasteiger partial charge in [-0.15, -0.1) is 0 Å². The van der Waals surface area contributed by atoms with Crippen LogP contribution in [0.3, 0.4) is 0 Å². The number of amides is 2. The normalized spacial score (nSPS) is 12.5. The van der Waals surface area contributed by atoms with E-state index in [4.69, 9.17) is 15.3 Å². The zero-order chi connectivity index (χ0) is 21.3. The van der Waals surface area contributed by atoms with Gasteiger partial charge in [0.2, 0.25) is 5.91 Å². The maximum absolute atomic E-state index is 13.6. The van der Waals surface area contributed by atoms with Gasteiger partial charge in [-0.3, -0.25) is 14.4 Å². The highest BCUT2D eigenvalue weighted by atomic mass is 19.1. The molecule has 5 N–H and O–H groups in total. The summed E-state index contributed by atoms with van der Waals surface area (Å²) in [6.45, 7) is 0. The number of carboxylic acids is 3. The van der Waals surface area contributed by atoms with Crippen LogP contribution in [-0.2, 0) is 19.2 Å². The molecule has 11 heteroatoms. The first-order valence-corrected chi connectivity index (χ1v) is 8.14. The lowest BCUT2D eigenvalue weighted by molar-refractivity contribution is -0.143. The lowest BCUT2D eigenvalue weighted by Gasteiger charge is -2.16. The Morgan fingerprint density at radius 1 is 0.857 bits per heavy atom. The van der Waals surface area contributed by atoms with Gasteiger partial charge in [-0.25, -0.2) is 14.0 Å². The molecule has 1 aromatic rings. The molecule has 0 aromatic heterocycles. The van der Waals surface area contributed by atoms with Gasteiger partial charge in [-0.2, -0.15) is 0 Å². The highest BCUT2D eigenvalue weighted by molar-refractivity contribution is 5.97. The molecule has 0 saturated carbocycles. The smallest absolute Gasteiger partial charge is 0.326 e. The molecule has 0 aliphatic rings. The van der Waals surface area contributed by atoms with Crippen molar-refractivity contribution in [1.29, 1.82) is 0 Å². The van der Waals surface area contributed by atoms with Gasteiger partial charge in [-0.1, -0.05) is 12.1 Å². The Morgan fingerprint density at radius 3 is 1.93 bits per heavy atom. The number of nitrogens with one attached hydrogen (secondary N) is 2. The Hall–Kier alpha value is -3.50. The molecule has 10 nitrogen and oxygen atoms in total. The number of hydrogen-bond acceptors (Lipinski definition) is 5. The fraction of sp³-hybridized carbons (Fsp3) is 0.353. The standard InChI is InChI=1S/C17H19FN2O8/c18-10-4-2-1-3-9(10)15(24)20-12(17(27)28)5-7-13(21)19-11(16(25)26)6-8-14(22)23/h1-4,11-12H,5-8H2,(H,19,21)(H,20,24)(H,22,23)(H,25,26)(H,27,28)/t11-,12?/m1/s1. The molecular formula is C17H19FN2O8. The van der Waals surface area contributed by atoms with Crippen molar-refractivity contribution in [1.82, 2.24) is 10.6 Å². The number of halogens is 1. The first-order valence-electron chi connectivity index (χ1n) is 8.14. The summed E-state index contributed by atoms with van der Waals surface area (Å²) in [5.74, 6) is -6.78. The second-order valence-corrected chi connectivity index (χ2v) is 5.77. The van der Waals surface area contributed by atoms with Crippen LogP contribution in [0.2, 0.25) is 0 Å². The summed E-state index contributed by atoms with van der Waals surface area (Å²) in [5.41, 5.74) is -0.363. The Kier molecular flexibility index (Phi) is 8.53.